The lowest BCUT2D eigenvalue weighted by Crippen LogP contribution is -2.25. The van der Waals surface area contributed by atoms with Gasteiger partial charge in [-0.2, -0.15) is 14.0 Å². The highest BCUT2D eigenvalue weighted by atomic mass is 19.3. The van der Waals surface area contributed by atoms with E-state index in [-0.39, 0.29) is 11.3 Å². The van der Waals surface area contributed by atoms with Crippen molar-refractivity contribution < 1.29 is 22.3 Å². The van der Waals surface area contributed by atoms with Gasteiger partial charge in [0.15, 0.2) is 0 Å². The van der Waals surface area contributed by atoms with Crippen LogP contribution < -0.4 is 4.74 Å². The molecule has 0 aromatic heterocycles. The third kappa shape index (κ3) is 6.96. The lowest BCUT2D eigenvalue weighted by Gasteiger charge is -2.28. The van der Waals surface area contributed by atoms with Gasteiger partial charge in [-0.3, -0.25) is 0 Å². The molecule has 0 amide bonds. The summed E-state index contributed by atoms with van der Waals surface area (Å²) in [5.41, 5.74) is -0.756. The smallest absolute Gasteiger partial charge is 0.429 e. The third-order valence-electron chi connectivity index (χ3n) is 6.65. The zero-order valence-electron chi connectivity index (χ0n) is 19.1. The van der Waals surface area contributed by atoms with Crippen LogP contribution in [0, 0.1) is 34.8 Å². The van der Waals surface area contributed by atoms with Crippen LogP contribution in [0.15, 0.2) is 36.4 Å². The minimum atomic E-state index is -4.18. The third-order valence-corrected chi connectivity index (χ3v) is 6.65. The van der Waals surface area contributed by atoms with E-state index in [1.54, 1.807) is 0 Å². The molecule has 178 valence electrons. The summed E-state index contributed by atoms with van der Waals surface area (Å²) in [4.78, 5) is 0. The van der Waals surface area contributed by atoms with E-state index in [9.17, 15) is 17.6 Å². The molecular weight excluding hydrogens is 430 g/mol. The molecule has 2 aromatic rings. The number of nitriles is 1. The summed E-state index contributed by atoms with van der Waals surface area (Å²) >= 11 is 0. The van der Waals surface area contributed by atoms with Gasteiger partial charge in [0.05, 0.1) is 11.6 Å². The maximum atomic E-state index is 14.5. The summed E-state index contributed by atoms with van der Waals surface area (Å²) in [5, 5.41) is 8.78. The molecule has 3 rings (SSSR count). The van der Waals surface area contributed by atoms with Crippen molar-refractivity contribution in [2.75, 3.05) is 0 Å². The molecule has 0 spiro atoms. The van der Waals surface area contributed by atoms with Crippen LogP contribution in [0.3, 0.4) is 0 Å². The van der Waals surface area contributed by atoms with Crippen LogP contribution in [0.1, 0.15) is 81.4 Å². The van der Waals surface area contributed by atoms with Crippen LogP contribution in [0.5, 0.6) is 5.75 Å². The monoisotopic (exact) mass is 461 g/mol. The first-order valence-corrected chi connectivity index (χ1v) is 11.9. The molecule has 0 aliphatic heterocycles. The SMILES string of the molecule is CCCCCC1CCC(CCc2cc(F)c(C(F)(F)Oc3ccc(C#N)cc3)c(F)c2)CC1. The average Bonchev–Trinajstić information content (AvgIpc) is 2.78. The number of rotatable bonds is 10. The molecule has 6 heteroatoms. The Bertz CT molecular complexity index is 921. The predicted molar refractivity (Wildman–Crippen MR) is 120 cm³/mol. The molecule has 0 unspecified atom stereocenters. The molecule has 1 aliphatic rings. The second-order valence-electron chi connectivity index (χ2n) is 9.11. The normalized spacial score (nSPS) is 18.7. The number of unbranched alkanes of at least 4 members (excludes halogenated alkanes) is 2. The number of benzene rings is 2. The van der Waals surface area contributed by atoms with E-state index in [1.165, 1.54) is 50.7 Å². The van der Waals surface area contributed by atoms with Crippen LogP contribution in [0.4, 0.5) is 17.6 Å². The molecule has 2 aromatic carbocycles. The molecule has 1 saturated carbocycles. The van der Waals surface area contributed by atoms with Gasteiger partial charge in [-0.25, -0.2) is 8.78 Å². The highest BCUT2D eigenvalue weighted by Gasteiger charge is 2.41. The highest BCUT2D eigenvalue weighted by molar-refractivity contribution is 5.35. The zero-order valence-corrected chi connectivity index (χ0v) is 19.1. The van der Waals surface area contributed by atoms with Gasteiger partial charge in [0, 0.05) is 0 Å². The molecule has 2 nitrogen and oxygen atoms in total. The second-order valence-corrected chi connectivity index (χ2v) is 9.11. The van der Waals surface area contributed by atoms with E-state index in [4.69, 9.17) is 5.26 Å². The van der Waals surface area contributed by atoms with Gasteiger partial charge < -0.3 is 4.74 Å². The van der Waals surface area contributed by atoms with Crippen molar-refractivity contribution in [2.45, 2.75) is 77.2 Å². The number of hydrogen-bond acceptors (Lipinski definition) is 2. The number of alkyl halides is 2. The van der Waals surface area contributed by atoms with E-state index in [1.807, 2.05) is 6.07 Å². The molecule has 1 fully saturated rings. The van der Waals surface area contributed by atoms with Crippen molar-refractivity contribution in [3.8, 4) is 11.8 Å². The molecular formula is C27H31F4NO. The minimum absolute atomic E-state index is 0.261. The first-order valence-electron chi connectivity index (χ1n) is 11.9. The van der Waals surface area contributed by atoms with E-state index >= 15 is 0 Å². The largest absolute Gasteiger partial charge is 0.432 e. The van der Waals surface area contributed by atoms with E-state index < -0.39 is 23.3 Å². The molecule has 0 radical (unpaired) electrons. The van der Waals surface area contributed by atoms with Gasteiger partial charge in [-0.15, -0.1) is 0 Å². The van der Waals surface area contributed by atoms with Crippen molar-refractivity contribution in [3.05, 3.63) is 64.7 Å². The molecule has 0 saturated heterocycles. The number of halogens is 4. The Morgan fingerprint density at radius 2 is 1.52 bits per heavy atom. The molecule has 33 heavy (non-hydrogen) atoms. The first-order chi connectivity index (χ1) is 15.8. The summed E-state index contributed by atoms with van der Waals surface area (Å²) in [6.07, 6.45) is 6.82. The van der Waals surface area contributed by atoms with Gasteiger partial charge in [0.2, 0.25) is 0 Å². The quantitative estimate of drug-likeness (QED) is 0.263. The Morgan fingerprint density at radius 1 is 0.939 bits per heavy atom. The maximum Gasteiger partial charge on any atom is 0.432 e. The Labute approximate surface area is 193 Å². The van der Waals surface area contributed by atoms with Gasteiger partial charge in [0.1, 0.15) is 22.9 Å². The Hall–Kier alpha value is -2.55. The maximum absolute atomic E-state index is 14.5. The molecule has 0 heterocycles. The van der Waals surface area contributed by atoms with E-state index in [2.05, 4.69) is 11.7 Å². The molecule has 0 N–H and O–H groups in total. The number of aryl methyl sites for hydroxylation is 1. The van der Waals surface area contributed by atoms with Gasteiger partial charge in [-0.05, 0) is 66.6 Å². The van der Waals surface area contributed by atoms with Crippen LogP contribution in [-0.4, -0.2) is 0 Å². The van der Waals surface area contributed by atoms with Crippen LogP contribution in [0.25, 0.3) is 0 Å². The number of nitrogens with zero attached hydrogens (tertiary/aromatic N) is 1. The van der Waals surface area contributed by atoms with Gasteiger partial charge >= 0.3 is 6.11 Å². The van der Waals surface area contributed by atoms with Crippen molar-refractivity contribution in [1.82, 2.24) is 0 Å². The summed E-state index contributed by atoms with van der Waals surface area (Å²) in [6, 6.07) is 8.75. The van der Waals surface area contributed by atoms with E-state index in [0.717, 1.165) is 49.4 Å². The van der Waals surface area contributed by atoms with Gasteiger partial charge in [0.25, 0.3) is 0 Å². The minimum Gasteiger partial charge on any atom is -0.429 e. The van der Waals surface area contributed by atoms with Crippen LogP contribution in [0.2, 0.25) is 0 Å². The Morgan fingerprint density at radius 3 is 2.06 bits per heavy atom. The van der Waals surface area contributed by atoms with Crippen molar-refractivity contribution in [2.24, 2.45) is 11.8 Å². The Kier molecular flexibility index (Phi) is 8.77. The summed E-state index contributed by atoms with van der Waals surface area (Å²) in [6.45, 7) is 2.21. The lowest BCUT2D eigenvalue weighted by atomic mass is 9.78. The fraction of sp³-hybridized carbons (Fsp3) is 0.519. The predicted octanol–water partition coefficient (Wildman–Crippen LogP) is 8.28. The number of ether oxygens (including phenoxy) is 1. The van der Waals surface area contributed by atoms with E-state index in [0.29, 0.717) is 17.9 Å². The highest BCUT2D eigenvalue weighted by Crippen LogP contribution is 2.37. The fourth-order valence-corrected chi connectivity index (χ4v) is 4.71. The van der Waals surface area contributed by atoms with Gasteiger partial charge in [-0.1, -0.05) is 58.3 Å². The molecule has 1 aliphatic carbocycles. The van der Waals surface area contributed by atoms with Crippen molar-refractivity contribution >= 4 is 0 Å². The fourth-order valence-electron chi connectivity index (χ4n) is 4.71. The standard InChI is InChI=1S/C27H31F4NO/c1-2-3-4-5-19-6-8-20(9-7-19)10-11-22-16-24(28)26(25(29)17-22)27(30,31)33-23-14-12-21(18-32)13-15-23/h12-17,19-20H,2-11H2,1H3. The Balaban J connectivity index is 1.57. The van der Waals surface area contributed by atoms with Crippen LogP contribution in [-0.2, 0) is 12.5 Å². The zero-order chi connectivity index (χ0) is 23.8. The summed E-state index contributed by atoms with van der Waals surface area (Å²) < 4.78 is 62.7. The summed E-state index contributed by atoms with van der Waals surface area (Å²) in [5.74, 6) is -1.61. The molecule has 0 bridgehead atoms. The van der Waals surface area contributed by atoms with Crippen LogP contribution >= 0.6 is 0 Å². The lowest BCUT2D eigenvalue weighted by molar-refractivity contribution is -0.189. The van der Waals surface area contributed by atoms with Crippen molar-refractivity contribution in [1.29, 1.82) is 5.26 Å². The second kappa shape index (κ2) is 11.5. The van der Waals surface area contributed by atoms with Crippen molar-refractivity contribution in [3.63, 3.8) is 0 Å². The average molecular weight is 462 g/mol. The number of hydrogen-bond donors (Lipinski definition) is 0. The summed E-state index contributed by atoms with van der Waals surface area (Å²) in [7, 11) is 0. The first kappa shape index (κ1) is 25.1. The molecule has 0 atom stereocenters. The topological polar surface area (TPSA) is 33.0 Å².